The van der Waals surface area contributed by atoms with Crippen LogP contribution in [0, 0.1) is 0 Å². The van der Waals surface area contributed by atoms with Gasteiger partial charge in [-0.25, -0.2) is 9.78 Å². The van der Waals surface area contributed by atoms with Crippen molar-refractivity contribution in [3.05, 3.63) is 22.1 Å². The molecule has 0 spiro atoms. The molecule has 0 saturated carbocycles. The predicted octanol–water partition coefficient (Wildman–Crippen LogP) is 2.16. The van der Waals surface area contributed by atoms with Crippen molar-refractivity contribution < 1.29 is 4.42 Å². The first kappa shape index (κ1) is 10.9. The SMILES string of the molecule is CC(C)c1nc2nc(C(C)C)oc(=O)c2[nH]1. The van der Waals surface area contributed by atoms with Crippen LogP contribution < -0.4 is 5.63 Å². The molecule has 1 N–H and O–H groups in total. The molecule has 2 rings (SSSR count). The first-order chi connectivity index (χ1) is 7.49. The van der Waals surface area contributed by atoms with E-state index in [4.69, 9.17) is 4.42 Å². The zero-order valence-electron chi connectivity index (χ0n) is 9.87. The van der Waals surface area contributed by atoms with Gasteiger partial charge in [-0.1, -0.05) is 27.7 Å². The van der Waals surface area contributed by atoms with Crippen LogP contribution in [0.2, 0.25) is 0 Å². The molecular formula is C11H15N3O2. The number of nitrogens with zero attached hydrogens (tertiary/aromatic N) is 2. The number of aromatic nitrogens is 3. The molecule has 5 heteroatoms. The van der Waals surface area contributed by atoms with Crippen molar-refractivity contribution in [2.75, 3.05) is 0 Å². The van der Waals surface area contributed by atoms with E-state index < -0.39 is 5.63 Å². The summed E-state index contributed by atoms with van der Waals surface area (Å²) in [6.45, 7) is 7.85. The third kappa shape index (κ3) is 1.73. The first-order valence-electron chi connectivity index (χ1n) is 5.39. The second-order valence-electron chi connectivity index (χ2n) is 4.47. The number of hydrogen-bond donors (Lipinski definition) is 1. The molecule has 2 aromatic rings. The van der Waals surface area contributed by atoms with Crippen LogP contribution in [0.25, 0.3) is 11.2 Å². The number of nitrogens with one attached hydrogen (secondary N) is 1. The van der Waals surface area contributed by atoms with Crippen molar-refractivity contribution in [1.82, 2.24) is 15.0 Å². The maximum absolute atomic E-state index is 11.7. The van der Waals surface area contributed by atoms with Crippen LogP contribution in [-0.4, -0.2) is 15.0 Å². The first-order valence-corrected chi connectivity index (χ1v) is 5.39. The van der Waals surface area contributed by atoms with Gasteiger partial charge in [-0.2, -0.15) is 4.98 Å². The minimum atomic E-state index is -0.395. The fraction of sp³-hybridized carbons (Fsp3) is 0.545. The molecule has 16 heavy (non-hydrogen) atoms. The zero-order chi connectivity index (χ0) is 11.9. The van der Waals surface area contributed by atoms with Gasteiger partial charge in [0.15, 0.2) is 11.2 Å². The molecule has 0 aliphatic rings. The van der Waals surface area contributed by atoms with E-state index in [2.05, 4.69) is 15.0 Å². The van der Waals surface area contributed by atoms with Crippen LogP contribution in [0.1, 0.15) is 51.2 Å². The number of aromatic amines is 1. The van der Waals surface area contributed by atoms with Gasteiger partial charge in [0.05, 0.1) is 0 Å². The average Bonchev–Trinajstić information content (AvgIpc) is 2.61. The van der Waals surface area contributed by atoms with Crippen molar-refractivity contribution in [3.63, 3.8) is 0 Å². The van der Waals surface area contributed by atoms with E-state index in [1.807, 2.05) is 27.7 Å². The molecule has 0 unspecified atom stereocenters. The van der Waals surface area contributed by atoms with Gasteiger partial charge in [0.1, 0.15) is 5.82 Å². The van der Waals surface area contributed by atoms with Crippen molar-refractivity contribution in [3.8, 4) is 0 Å². The lowest BCUT2D eigenvalue weighted by atomic mass is 10.2. The highest BCUT2D eigenvalue weighted by molar-refractivity contribution is 5.68. The molecule has 0 radical (unpaired) electrons. The Morgan fingerprint density at radius 3 is 2.38 bits per heavy atom. The summed E-state index contributed by atoms with van der Waals surface area (Å²) in [5.74, 6) is 1.50. The van der Waals surface area contributed by atoms with Crippen LogP contribution in [0.15, 0.2) is 9.21 Å². The molecule has 0 aliphatic carbocycles. The van der Waals surface area contributed by atoms with Crippen molar-refractivity contribution >= 4 is 11.2 Å². The normalized spacial score (nSPS) is 11.9. The summed E-state index contributed by atoms with van der Waals surface area (Å²) in [5.41, 5.74) is 0.407. The molecule has 5 nitrogen and oxygen atoms in total. The summed E-state index contributed by atoms with van der Waals surface area (Å²) in [4.78, 5) is 23.1. The lowest BCUT2D eigenvalue weighted by Gasteiger charge is -1.99. The third-order valence-corrected chi connectivity index (χ3v) is 2.36. The van der Waals surface area contributed by atoms with E-state index in [1.54, 1.807) is 0 Å². The second-order valence-corrected chi connectivity index (χ2v) is 4.47. The summed E-state index contributed by atoms with van der Waals surface area (Å²) in [6.07, 6.45) is 0. The maximum atomic E-state index is 11.7. The highest BCUT2D eigenvalue weighted by Crippen LogP contribution is 2.16. The molecule has 2 aromatic heterocycles. The van der Waals surface area contributed by atoms with Gasteiger partial charge in [0, 0.05) is 11.8 Å². The number of imidazole rings is 1. The van der Waals surface area contributed by atoms with E-state index >= 15 is 0 Å². The fourth-order valence-electron chi connectivity index (χ4n) is 1.40. The molecule has 0 amide bonds. The largest absolute Gasteiger partial charge is 0.406 e. The molecule has 0 aromatic carbocycles. The lowest BCUT2D eigenvalue weighted by Crippen LogP contribution is -2.06. The Morgan fingerprint density at radius 2 is 1.81 bits per heavy atom. The highest BCUT2D eigenvalue weighted by atomic mass is 16.4. The summed E-state index contributed by atoms with van der Waals surface area (Å²) >= 11 is 0. The van der Waals surface area contributed by atoms with Crippen molar-refractivity contribution in [2.45, 2.75) is 39.5 Å². The van der Waals surface area contributed by atoms with Crippen LogP contribution in [0.3, 0.4) is 0 Å². The highest BCUT2D eigenvalue weighted by Gasteiger charge is 2.14. The Hall–Kier alpha value is -1.65. The van der Waals surface area contributed by atoms with Gasteiger partial charge in [0.25, 0.3) is 0 Å². The quantitative estimate of drug-likeness (QED) is 0.843. The monoisotopic (exact) mass is 221 g/mol. The number of rotatable bonds is 2. The Kier molecular flexibility index (Phi) is 2.53. The van der Waals surface area contributed by atoms with Gasteiger partial charge < -0.3 is 9.40 Å². The molecule has 0 atom stereocenters. The topological polar surface area (TPSA) is 71.8 Å². The summed E-state index contributed by atoms with van der Waals surface area (Å²) in [5, 5.41) is 0. The summed E-state index contributed by atoms with van der Waals surface area (Å²) < 4.78 is 5.11. The van der Waals surface area contributed by atoms with Gasteiger partial charge in [-0.15, -0.1) is 0 Å². The molecule has 2 heterocycles. The third-order valence-electron chi connectivity index (χ3n) is 2.36. The van der Waals surface area contributed by atoms with E-state index in [9.17, 15) is 4.79 Å². The predicted molar refractivity (Wildman–Crippen MR) is 60.6 cm³/mol. The minimum absolute atomic E-state index is 0.0799. The van der Waals surface area contributed by atoms with Gasteiger partial charge in [0.2, 0.25) is 5.89 Å². The Morgan fingerprint density at radius 1 is 1.12 bits per heavy atom. The minimum Gasteiger partial charge on any atom is -0.406 e. The molecule has 86 valence electrons. The number of H-pyrrole nitrogens is 1. The van der Waals surface area contributed by atoms with Gasteiger partial charge in [-0.3, -0.25) is 0 Å². The molecule has 0 bridgehead atoms. The smallest absolute Gasteiger partial charge is 0.365 e. The maximum Gasteiger partial charge on any atom is 0.365 e. The van der Waals surface area contributed by atoms with Crippen LogP contribution >= 0.6 is 0 Å². The number of hydrogen-bond acceptors (Lipinski definition) is 4. The Labute approximate surface area is 92.9 Å². The summed E-state index contributed by atoms with van der Waals surface area (Å²) in [6, 6.07) is 0. The zero-order valence-corrected chi connectivity index (χ0v) is 9.87. The second kappa shape index (κ2) is 3.73. The van der Waals surface area contributed by atoms with Crippen molar-refractivity contribution in [2.24, 2.45) is 0 Å². The number of fused-ring (bicyclic) bond motifs is 1. The van der Waals surface area contributed by atoms with Gasteiger partial charge in [-0.05, 0) is 0 Å². The lowest BCUT2D eigenvalue weighted by molar-refractivity contribution is 0.423. The van der Waals surface area contributed by atoms with Gasteiger partial charge >= 0.3 is 5.63 Å². The Balaban J connectivity index is 2.68. The molecular weight excluding hydrogens is 206 g/mol. The van der Waals surface area contributed by atoms with Crippen LogP contribution in [-0.2, 0) is 0 Å². The molecule has 0 fully saturated rings. The Bertz CT molecular complexity index is 566. The molecule has 0 aliphatic heterocycles. The fourth-order valence-corrected chi connectivity index (χ4v) is 1.40. The standard InChI is InChI=1S/C11H15N3O2/c1-5(2)8-12-7-9(13-8)14-10(6(3)4)16-11(7)15/h5-6H,1-4H3,(H,12,13). The summed E-state index contributed by atoms with van der Waals surface area (Å²) in [7, 11) is 0. The molecule has 0 saturated heterocycles. The average molecular weight is 221 g/mol. The van der Waals surface area contributed by atoms with Crippen LogP contribution in [0.4, 0.5) is 0 Å². The van der Waals surface area contributed by atoms with Crippen molar-refractivity contribution in [1.29, 1.82) is 0 Å². The van der Waals surface area contributed by atoms with E-state index in [0.717, 1.165) is 5.82 Å². The van der Waals surface area contributed by atoms with E-state index in [0.29, 0.717) is 17.1 Å². The van der Waals surface area contributed by atoms with Crippen LogP contribution in [0.5, 0.6) is 0 Å². The van der Waals surface area contributed by atoms with E-state index in [1.165, 1.54) is 0 Å². The van der Waals surface area contributed by atoms with E-state index in [-0.39, 0.29) is 11.8 Å².